The third kappa shape index (κ3) is 1.98. The molecule has 4 aromatic rings. The van der Waals surface area contributed by atoms with Gasteiger partial charge in [-0.15, -0.1) is 11.3 Å². The summed E-state index contributed by atoms with van der Waals surface area (Å²) in [7, 11) is 0. The van der Waals surface area contributed by atoms with Crippen LogP contribution in [-0.4, -0.2) is 10.1 Å². The second-order valence-corrected chi connectivity index (χ2v) is 5.73. The average Bonchev–Trinajstić information content (AvgIpc) is 2.90. The lowest BCUT2D eigenvalue weighted by Gasteiger charge is -2.01. The Hall–Kier alpha value is -2.66. The zero-order valence-corrected chi connectivity index (χ0v) is 11.6. The van der Waals surface area contributed by atoms with Crippen molar-refractivity contribution in [1.82, 2.24) is 4.98 Å². The summed E-state index contributed by atoms with van der Waals surface area (Å²) in [5, 5.41) is 19.1. The molecule has 5 heteroatoms. The van der Waals surface area contributed by atoms with Crippen molar-refractivity contribution in [1.29, 1.82) is 5.41 Å². The maximum atomic E-state index is 9.47. The molecule has 2 heterocycles. The Kier molecular flexibility index (Phi) is 2.55. The summed E-state index contributed by atoms with van der Waals surface area (Å²) in [6, 6.07) is 14.6. The average molecular weight is 294 g/mol. The molecular weight excluding hydrogens is 284 g/mol. The van der Waals surface area contributed by atoms with E-state index < -0.39 is 0 Å². The molecule has 0 aliphatic heterocycles. The predicted octanol–water partition coefficient (Wildman–Crippen LogP) is 3.89. The van der Waals surface area contributed by atoms with Gasteiger partial charge < -0.3 is 9.52 Å². The van der Waals surface area contributed by atoms with E-state index in [1.54, 1.807) is 12.1 Å². The van der Waals surface area contributed by atoms with Gasteiger partial charge in [-0.25, -0.2) is 4.98 Å². The largest absolute Gasteiger partial charge is 0.508 e. The predicted molar refractivity (Wildman–Crippen MR) is 82.3 cm³/mol. The van der Waals surface area contributed by atoms with Crippen molar-refractivity contribution in [3.05, 3.63) is 54.1 Å². The highest BCUT2D eigenvalue weighted by Crippen LogP contribution is 2.30. The molecule has 0 amide bonds. The quantitative estimate of drug-likeness (QED) is 0.559. The molecule has 0 aliphatic rings. The van der Waals surface area contributed by atoms with Gasteiger partial charge in [-0.2, -0.15) is 0 Å². The van der Waals surface area contributed by atoms with Gasteiger partial charge in [-0.05, 0) is 30.3 Å². The maximum Gasteiger partial charge on any atom is 0.222 e. The minimum Gasteiger partial charge on any atom is -0.508 e. The van der Waals surface area contributed by atoms with Crippen LogP contribution in [0, 0.1) is 5.41 Å². The Balaban J connectivity index is 1.99. The van der Waals surface area contributed by atoms with Gasteiger partial charge in [0.1, 0.15) is 16.3 Å². The van der Waals surface area contributed by atoms with Crippen LogP contribution in [0.3, 0.4) is 0 Å². The van der Waals surface area contributed by atoms with Crippen LogP contribution in [0.15, 0.2) is 52.9 Å². The summed E-state index contributed by atoms with van der Waals surface area (Å²) < 4.78 is 6.58. The van der Waals surface area contributed by atoms with Crippen molar-refractivity contribution in [3.8, 4) is 16.3 Å². The molecule has 0 aliphatic carbocycles. The van der Waals surface area contributed by atoms with Crippen molar-refractivity contribution < 1.29 is 9.52 Å². The zero-order chi connectivity index (χ0) is 14.4. The number of phenolic OH excluding ortho intramolecular Hbond substituents is 1. The zero-order valence-electron chi connectivity index (χ0n) is 10.8. The van der Waals surface area contributed by atoms with Gasteiger partial charge in [-0.1, -0.05) is 12.1 Å². The molecule has 0 bridgehead atoms. The number of hydrogen-bond acceptors (Lipinski definition) is 5. The Morgan fingerprint density at radius 3 is 2.81 bits per heavy atom. The van der Waals surface area contributed by atoms with Gasteiger partial charge in [0.05, 0.1) is 15.8 Å². The van der Waals surface area contributed by atoms with Crippen LogP contribution in [0.5, 0.6) is 5.75 Å². The second-order valence-electron chi connectivity index (χ2n) is 4.70. The molecule has 0 saturated heterocycles. The van der Waals surface area contributed by atoms with Crippen LogP contribution in [-0.2, 0) is 0 Å². The van der Waals surface area contributed by atoms with Gasteiger partial charge in [0.2, 0.25) is 5.55 Å². The molecule has 0 radical (unpaired) electrons. The molecule has 0 unspecified atom stereocenters. The number of benzene rings is 2. The van der Waals surface area contributed by atoms with E-state index in [1.807, 2.05) is 30.3 Å². The third-order valence-corrected chi connectivity index (χ3v) is 4.35. The lowest BCUT2D eigenvalue weighted by molar-refractivity contribution is 0.472. The summed E-state index contributed by atoms with van der Waals surface area (Å²) in [4.78, 5) is 4.56. The monoisotopic (exact) mass is 294 g/mol. The number of aromatic nitrogens is 1. The summed E-state index contributed by atoms with van der Waals surface area (Å²) in [5.74, 6) is 0.124. The number of phenols is 1. The van der Waals surface area contributed by atoms with E-state index in [2.05, 4.69) is 4.98 Å². The molecule has 4 rings (SSSR count). The normalized spacial score (nSPS) is 11.2. The first-order valence-electron chi connectivity index (χ1n) is 6.38. The highest BCUT2D eigenvalue weighted by atomic mass is 32.1. The first kappa shape index (κ1) is 12.1. The van der Waals surface area contributed by atoms with Crippen LogP contribution in [0.2, 0.25) is 0 Å². The molecule has 0 saturated carbocycles. The number of para-hydroxylation sites is 1. The topological polar surface area (TPSA) is 70.1 Å². The van der Waals surface area contributed by atoms with Crippen LogP contribution in [0.25, 0.3) is 31.8 Å². The van der Waals surface area contributed by atoms with E-state index in [1.165, 1.54) is 17.4 Å². The van der Waals surface area contributed by atoms with Crippen LogP contribution in [0.1, 0.15) is 0 Å². The van der Waals surface area contributed by atoms with Gasteiger partial charge >= 0.3 is 0 Å². The first-order valence-corrected chi connectivity index (χ1v) is 7.20. The van der Waals surface area contributed by atoms with Gasteiger partial charge in [0, 0.05) is 11.5 Å². The molecule has 0 fully saturated rings. The fraction of sp³-hybridized carbons (Fsp3) is 0. The highest BCUT2D eigenvalue weighted by Gasteiger charge is 2.11. The second kappa shape index (κ2) is 4.43. The van der Waals surface area contributed by atoms with E-state index >= 15 is 0 Å². The molecule has 2 aromatic heterocycles. The number of aromatic hydroxyl groups is 1. The molecule has 2 aromatic carbocycles. The Labute approximate surface area is 123 Å². The summed E-state index contributed by atoms with van der Waals surface area (Å²) in [5.41, 5.74) is 2.12. The molecule has 2 N–H and O–H groups in total. The Morgan fingerprint density at radius 1 is 1.10 bits per heavy atom. The van der Waals surface area contributed by atoms with Gasteiger partial charge in [-0.3, -0.25) is 5.41 Å². The van der Waals surface area contributed by atoms with Crippen molar-refractivity contribution in [2.45, 2.75) is 0 Å². The number of rotatable bonds is 1. The Bertz CT molecular complexity index is 1000. The van der Waals surface area contributed by atoms with Crippen LogP contribution < -0.4 is 5.55 Å². The SMILES string of the molecule is N=c1oc2cc(O)ccc2cc1-c1nc2ccccc2s1. The molecule has 21 heavy (non-hydrogen) atoms. The lowest BCUT2D eigenvalue weighted by Crippen LogP contribution is -2.02. The maximum absolute atomic E-state index is 9.47. The molecule has 0 spiro atoms. The van der Waals surface area contributed by atoms with E-state index in [-0.39, 0.29) is 11.3 Å². The van der Waals surface area contributed by atoms with Crippen molar-refractivity contribution in [2.24, 2.45) is 0 Å². The smallest absolute Gasteiger partial charge is 0.222 e. The molecule has 0 atom stereocenters. The molecule has 102 valence electrons. The van der Waals surface area contributed by atoms with Gasteiger partial charge in [0.15, 0.2) is 0 Å². The van der Waals surface area contributed by atoms with E-state index in [4.69, 9.17) is 9.83 Å². The minimum atomic E-state index is 0.0483. The first-order chi connectivity index (χ1) is 10.2. The number of thiazole rings is 1. The van der Waals surface area contributed by atoms with Crippen LogP contribution in [0.4, 0.5) is 0 Å². The number of hydrogen-bond donors (Lipinski definition) is 2. The summed E-state index contributed by atoms with van der Waals surface area (Å²) in [6.45, 7) is 0. The van der Waals surface area contributed by atoms with Crippen molar-refractivity contribution in [3.63, 3.8) is 0 Å². The molecular formula is C16H10N2O2S. The summed E-state index contributed by atoms with van der Waals surface area (Å²) >= 11 is 1.54. The Morgan fingerprint density at radius 2 is 1.95 bits per heavy atom. The van der Waals surface area contributed by atoms with Gasteiger partial charge in [0.25, 0.3) is 0 Å². The molecule has 4 nitrogen and oxygen atoms in total. The van der Waals surface area contributed by atoms with Crippen molar-refractivity contribution >= 4 is 32.5 Å². The van der Waals surface area contributed by atoms with Crippen LogP contribution >= 0.6 is 11.3 Å². The number of fused-ring (bicyclic) bond motifs is 2. The minimum absolute atomic E-state index is 0.0483. The van der Waals surface area contributed by atoms with Crippen molar-refractivity contribution in [2.75, 3.05) is 0 Å². The van der Waals surface area contributed by atoms with E-state index in [0.29, 0.717) is 11.1 Å². The number of nitrogens with zero attached hydrogens (tertiary/aromatic N) is 1. The lowest BCUT2D eigenvalue weighted by atomic mass is 10.2. The highest BCUT2D eigenvalue weighted by molar-refractivity contribution is 7.21. The summed E-state index contributed by atoms with van der Waals surface area (Å²) in [6.07, 6.45) is 0. The standard InChI is InChI=1S/C16H10N2O2S/c17-15-11(7-9-5-6-10(19)8-13(9)20-15)16-18-12-3-1-2-4-14(12)21-16/h1-8,17,19H. The fourth-order valence-corrected chi connectivity index (χ4v) is 3.24. The third-order valence-electron chi connectivity index (χ3n) is 3.28. The van der Waals surface area contributed by atoms with E-state index in [0.717, 1.165) is 20.6 Å². The fourth-order valence-electron chi connectivity index (χ4n) is 2.26. The number of nitrogens with one attached hydrogen (secondary N) is 1. The van der Waals surface area contributed by atoms with E-state index in [9.17, 15) is 5.11 Å².